The number of hydrogen-bond acceptors (Lipinski definition) is 5. The summed E-state index contributed by atoms with van der Waals surface area (Å²) in [4.78, 5) is 28.6. The molecule has 0 bridgehead atoms. The van der Waals surface area contributed by atoms with Crippen molar-refractivity contribution in [2.75, 3.05) is 4.90 Å². The molecule has 0 saturated carbocycles. The van der Waals surface area contributed by atoms with Crippen molar-refractivity contribution in [2.45, 2.75) is 46.2 Å². The second kappa shape index (κ2) is 8.75. The van der Waals surface area contributed by atoms with Crippen molar-refractivity contribution >= 4 is 29.0 Å². The summed E-state index contributed by atoms with van der Waals surface area (Å²) < 4.78 is 3.83. The van der Waals surface area contributed by atoms with E-state index in [-0.39, 0.29) is 17.5 Å². The van der Waals surface area contributed by atoms with Crippen molar-refractivity contribution < 1.29 is 9.59 Å². The third-order valence-electron chi connectivity index (χ3n) is 4.44. The van der Waals surface area contributed by atoms with Crippen molar-refractivity contribution in [1.29, 1.82) is 0 Å². The van der Waals surface area contributed by atoms with Gasteiger partial charge in [0.05, 0.1) is 0 Å². The third kappa shape index (κ3) is 5.10. The van der Waals surface area contributed by atoms with E-state index in [1.807, 2.05) is 83.1 Å². The fourth-order valence-corrected chi connectivity index (χ4v) is 3.67. The smallest absolute Gasteiger partial charge is 0.280 e. The van der Waals surface area contributed by atoms with Crippen LogP contribution in [0.3, 0.4) is 0 Å². The topological polar surface area (TPSA) is 75.2 Å². The summed E-state index contributed by atoms with van der Waals surface area (Å²) in [6.45, 7) is 9.67. The number of amides is 2. The standard InChI is InChI=1S/C23H26N4O2S/c1-15-8-6-10-17(12-15)20(21(28)24-23(3,4)5)27(18-11-7-9-16(2)13-18)22(29)19-14-30-26-25-19/h6-14,20H,1-5H3,(H,24,28)/t20-/m0/s1. The van der Waals surface area contributed by atoms with Crippen LogP contribution >= 0.6 is 11.5 Å². The molecule has 2 amide bonds. The molecule has 1 N–H and O–H groups in total. The summed E-state index contributed by atoms with van der Waals surface area (Å²) in [5.41, 5.74) is 3.11. The van der Waals surface area contributed by atoms with E-state index in [0.717, 1.165) is 28.2 Å². The molecule has 0 fully saturated rings. The van der Waals surface area contributed by atoms with Gasteiger partial charge in [-0.2, -0.15) is 0 Å². The molecule has 1 atom stereocenters. The number of carbonyl (C=O) groups is 2. The van der Waals surface area contributed by atoms with E-state index in [4.69, 9.17) is 0 Å². The van der Waals surface area contributed by atoms with Gasteiger partial charge in [0.1, 0.15) is 6.04 Å². The molecular weight excluding hydrogens is 396 g/mol. The Hall–Kier alpha value is -3.06. The monoisotopic (exact) mass is 422 g/mol. The van der Waals surface area contributed by atoms with Gasteiger partial charge >= 0.3 is 0 Å². The molecule has 0 saturated heterocycles. The average Bonchev–Trinajstić information content (AvgIpc) is 3.18. The zero-order chi connectivity index (χ0) is 21.9. The van der Waals surface area contributed by atoms with Crippen LogP contribution < -0.4 is 10.2 Å². The normalized spacial score (nSPS) is 12.3. The number of anilines is 1. The Kier molecular flexibility index (Phi) is 6.31. The highest BCUT2D eigenvalue weighted by Gasteiger charge is 2.35. The summed E-state index contributed by atoms with van der Waals surface area (Å²) in [5, 5.41) is 8.59. The van der Waals surface area contributed by atoms with E-state index < -0.39 is 11.6 Å². The largest absolute Gasteiger partial charge is 0.349 e. The average molecular weight is 423 g/mol. The Balaban J connectivity index is 2.19. The summed E-state index contributed by atoms with van der Waals surface area (Å²) in [6.07, 6.45) is 0. The van der Waals surface area contributed by atoms with Gasteiger partial charge in [-0.3, -0.25) is 14.5 Å². The number of aromatic nitrogens is 2. The van der Waals surface area contributed by atoms with Crippen LogP contribution in [0.15, 0.2) is 53.9 Å². The summed E-state index contributed by atoms with van der Waals surface area (Å²) in [5.74, 6) is -0.629. The lowest BCUT2D eigenvalue weighted by atomic mass is 9.99. The van der Waals surface area contributed by atoms with Crippen molar-refractivity contribution in [3.63, 3.8) is 0 Å². The van der Waals surface area contributed by atoms with E-state index in [1.54, 1.807) is 5.38 Å². The lowest BCUT2D eigenvalue weighted by Gasteiger charge is -2.33. The van der Waals surface area contributed by atoms with Crippen molar-refractivity contribution in [3.05, 3.63) is 76.3 Å². The summed E-state index contributed by atoms with van der Waals surface area (Å²) in [6, 6.07) is 14.4. The molecule has 3 aromatic rings. The molecule has 0 radical (unpaired) electrons. The van der Waals surface area contributed by atoms with E-state index in [9.17, 15) is 9.59 Å². The number of rotatable bonds is 5. The minimum atomic E-state index is -0.861. The molecule has 7 heteroatoms. The molecule has 156 valence electrons. The van der Waals surface area contributed by atoms with Crippen LogP contribution in [0.2, 0.25) is 0 Å². The van der Waals surface area contributed by atoms with Gasteiger partial charge in [-0.25, -0.2) is 0 Å². The second-order valence-electron chi connectivity index (χ2n) is 8.36. The minimum Gasteiger partial charge on any atom is -0.349 e. The van der Waals surface area contributed by atoms with Crippen LogP contribution in [0.4, 0.5) is 5.69 Å². The summed E-state index contributed by atoms with van der Waals surface area (Å²) >= 11 is 1.10. The highest BCUT2D eigenvalue weighted by atomic mass is 32.1. The molecule has 1 heterocycles. The first-order valence-electron chi connectivity index (χ1n) is 9.71. The number of benzene rings is 2. The quantitative estimate of drug-likeness (QED) is 0.659. The van der Waals surface area contributed by atoms with Crippen LogP contribution in [-0.2, 0) is 4.79 Å². The first-order valence-corrected chi connectivity index (χ1v) is 10.6. The maximum atomic E-state index is 13.5. The van der Waals surface area contributed by atoms with Crippen molar-refractivity contribution in [3.8, 4) is 0 Å². The number of nitrogens with zero attached hydrogens (tertiary/aromatic N) is 3. The Labute approximate surface area is 181 Å². The number of carbonyl (C=O) groups excluding carboxylic acids is 2. The Morgan fingerprint density at radius 1 is 1.03 bits per heavy atom. The second-order valence-corrected chi connectivity index (χ2v) is 8.97. The highest BCUT2D eigenvalue weighted by molar-refractivity contribution is 7.03. The first-order chi connectivity index (χ1) is 14.2. The fourth-order valence-electron chi connectivity index (χ4n) is 3.24. The number of hydrogen-bond donors (Lipinski definition) is 1. The molecule has 2 aromatic carbocycles. The van der Waals surface area contributed by atoms with E-state index in [2.05, 4.69) is 14.9 Å². The van der Waals surface area contributed by atoms with Gasteiger partial charge < -0.3 is 5.32 Å². The van der Waals surface area contributed by atoms with Crippen molar-refractivity contribution in [2.24, 2.45) is 0 Å². The molecule has 0 aliphatic heterocycles. The maximum Gasteiger partial charge on any atom is 0.280 e. The van der Waals surface area contributed by atoms with Gasteiger partial charge in [0.2, 0.25) is 5.91 Å². The molecule has 30 heavy (non-hydrogen) atoms. The molecule has 0 unspecified atom stereocenters. The van der Waals surface area contributed by atoms with E-state index in [0.29, 0.717) is 5.69 Å². The van der Waals surface area contributed by atoms with Crippen LogP contribution in [0.5, 0.6) is 0 Å². The van der Waals surface area contributed by atoms with Crippen molar-refractivity contribution in [1.82, 2.24) is 14.9 Å². The predicted molar refractivity (Wildman–Crippen MR) is 120 cm³/mol. The third-order valence-corrected chi connectivity index (χ3v) is 4.94. The molecule has 0 aliphatic carbocycles. The van der Waals surface area contributed by atoms with Gasteiger partial charge in [0, 0.05) is 16.6 Å². The maximum absolute atomic E-state index is 13.5. The molecule has 1 aromatic heterocycles. The fraction of sp³-hybridized carbons (Fsp3) is 0.304. The first kappa shape index (κ1) is 21.6. The van der Waals surface area contributed by atoms with E-state index in [1.165, 1.54) is 4.90 Å². The highest BCUT2D eigenvalue weighted by Crippen LogP contribution is 2.31. The SMILES string of the molecule is Cc1cccc([C@@H](C(=O)NC(C)(C)C)N(C(=O)c2csnn2)c2cccc(C)c2)c1. The van der Waals surface area contributed by atoms with Gasteiger partial charge in [-0.1, -0.05) is 46.4 Å². The predicted octanol–water partition coefficient (Wildman–Crippen LogP) is 4.46. The zero-order valence-electron chi connectivity index (χ0n) is 17.8. The molecule has 6 nitrogen and oxygen atoms in total. The minimum absolute atomic E-state index is 0.211. The van der Waals surface area contributed by atoms with Crippen LogP contribution in [-0.4, -0.2) is 26.9 Å². The van der Waals surface area contributed by atoms with E-state index >= 15 is 0 Å². The lowest BCUT2D eigenvalue weighted by molar-refractivity contribution is -0.123. The van der Waals surface area contributed by atoms with Crippen LogP contribution in [0.25, 0.3) is 0 Å². The number of aryl methyl sites for hydroxylation is 2. The number of nitrogens with one attached hydrogen (secondary N) is 1. The Morgan fingerprint density at radius 3 is 2.27 bits per heavy atom. The Bertz CT molecular complexity index is 1040. The van der Waals surface area contributed by atoms with Crippen LogP contribution in [0.1, 0.15) is 54.0 Å². The van der Waals surface area contributed by atoms with Gasteiger partial charge in [0.25, 0.3) is 5.91 Å². The Morgan fingerprint density at radius 2 is 1.70 bits per heavy atom. The van der Waals surface area contributed by atoms with Gasteiger partial charge in [-0.05, 0) is 69.4 Å². The lowest BCUT2D eigenvalue weighted by Crippen LogP contribution is -2.49. The molecular formula is C23H26N4O2S. The summed E-state index contributed by atoms with van der Waals surface area (Å²) in [7, 11) is 0. The molecule has 3 rings (SSSR count). The molecule has 0 spiro atoms. The molecule has 0 aliphatic rings. The van der Waals surface area contributed by atoms with Gasteiger partial charge in [-0.15, -0.1) is 5.10 Å². The van der Waals surface area contributed by atoms with Gasteiger partial charge in [0.15, 0.2) is 5.69 Å². The van der Waals surface area contributed by atoms with Crippen LogP contribution in [0, 0.1) is 13.8 Å². The zero-order valence-corrected chi connectivity index (χ0v) is 18.7.